The first-order chi connectivity index (χ1) is 15.6. The average molecular weight is 417 g/mol. The predicted molar refractivity (Wildman–Crippen MR) is 128 cm³/mol. The van der Waals surface area contributed by atoms with Crippen molar-refractivity contribution in [2.45, 2.75) is 13.8 Å². The van der Waals surface area contributed by atoms with Gasteiger partial charge in [0.2, 0.25) is 0 Å². The van der Waals surface area contributed by atoms with E-state index < -0.39 is 0 Å². The first-order valence-corrected chi connectivity index (χ1v) is 10.8. The fourth-order valence-corrected chi connectivity index (χ4v) is 5.21. The van der Waals surface area contributed by atoms with Crippen molar-refractivity contribution in [3.8, 4) is 5.69 Å². The summed E-state index contributed by atoms with van der Waals surface area (Å²) in [7, 11) is 2.14. The zero-order valence-corrected chi connectivity index (χ0v) is 18.1. The van der Waals surface area contributed by atoms with Gasteiger partial charge in [0.05, 0.1) is 18.7 Å². The van der Waals surface area contributed by atoms with Crippen LogP contribution in [0, 0.1) is 13.8 Å². The molecule has 0 aliphatic heterocycles. The standard InChI is InChI=1S/C28H21N2O2/c1-16-6-4-5-7-23(16)30-17(2)29(3)24-11-10-18-8-9-19-14-22-20-12-13-31-28(20)32-25(22)15-21(19)26(18)27(24)30/h4-15H,1-3H3/q+1. The minimum absolute atomic E-state index is 0.579. The molecule has 0 fully saturated rings. The monoisotopic (exact) mass is 417 g/mol. The molecule has 0 atom stereocenters. The van der Waals surface area contributed by atoms with E-state index in [0.29, 0.717) is 5.78 Å². The van der Waals surface area contributed by atoms with Gasteiger partial charge in [-0.3, -0.25) is 0 Å². The van der Waals surface area contributed by atoms with Crippen LogP contribution in [0.5, 0.6) is 0 Å². The molecule has 4 heteroatoms. The minimum Gasteiger partial charge on any atom is -0.433 e. The summed E-state index contributed by atoms with van der Waals surface area (Å²) in [5, 5.41) is 6.94. The lowest BCUT2D eigenvalue weighted by Crippen LogP contribution is -2.30. The second kappa shape index (κ2) is 6.01. The second-order valence-electron chi connectivity index (χ2n) is 8.62. The van der Waals surface area contributed by atoms with Crippen LogP contribution >= 0.6 is 0 Å². The number of benzene rings is 4. The van der Waals surface area contributed by atoms with Crippen molar-refractivity contribution in [1.82, 2.24) is 4.57 Å². The van der Waals surface area contributed by atoms with Gasteiger partial charge in [-0.1, -0.05) is 30.3 Å². The first kappa shape index (κ1) is 17.6. The maximum atomic E-state index is 6.05. The van der Waals surface area contributed by atoms with Crippen molar-refractivity contribution in [3.05, 3.63) is 84.4 Å². The Morgan fingerprint density at radius 3 is 2.50 bits per heavy atom. The van der Waals surface area contributed by atoms with Crippen LogP contribution in [-0.4, -0.2) is 4.57 Å². The largest absolute Gasteiger partial charge is 0.433 e. The Morgan fingerprint density at radius 2 is 1.62 bits per heavy atom. The predicted octanol–water partition coefficient (Wildman–Crippen LogP) is 6.87. The molecule has 0 spiro atoms. The lowest BCUT2D eigenvalue weighted by Gasteiger charge is -2.08. The van der Waals surface area contributed by atoms with Gasteiger partial charge in [0.1, 0.15) is 11.3 Å². The first-order valence-electron chi connectivity index (χ1n) is 10.8. The molecule has 4 aromatic carbocycles. The molecule has 0 saturated heterocycles. The highest BCUT2D eigenvalue weighted by Gasteiger charge is 2.25. The third-order valence-corrected chi connectivity index (χ3v) is 6.93. The van der Waals surface area contributed by atoms with Crippen LogP contribution in [0.4, 0.5) is 0 Å². The highest BCUT2D eigenvalue weighted by molar-refractivity contribution is 6.22. The molecule has 154 valence electrons. The second-order valence-corrected chi connectivity index (χ2v) is 8.62. The van der Waals surface area contributed by atoms with Gasteiger partial charge < -0.3 is 8.83 Å². The number of para-hydroxylation sites is 1. The summed E-state index contributed by atoms with van der Waals surface area (Å²) >= 11 is 0. The number of imidazole rings is 1. The number of aromatic nitrogens is 2. The van der Waals surface area contributed by atoms with E-state index in [-0.39, 0.29) is 0 Å². The number of aryl methyl sites for hydroxylation is 2. The molecular formula is C28H21N2O2+. The van der Waals surface area contributed by atoms with Crippen LogP contribution in [0.3, 0.4) is 0 Å². The van der Waals surface area contributed by atoms with Gasteiger partial charge in [-0.2, -0.15) is 4.57 Å². The maximum Gasteiger partial charge on any atom is 0.298 e. The Kier molecular flexibility index (Phi) is 3.31. The third kappa shape index (κ3) is 2.14. The van der Waals surface area contributed by atoms with Crippen LogP contribution < -0.4 is 4.57 Å². The molecule has 0 radical (unpaired) electrons. The average Bonchev–Trinajstić information content (AvgIpc) is 3.46. The van der Waals surface area contributed by atoms with Gasteiger partial charge in [-0.05, 0) is 65.0 Å². The van der Waals surface area contributed by atoms with Crippen LogP contribution in [-0.2, 0) is 7.05 Å². The zero-order valence-electron chi connectivity index (χ0n) is 18.1. The summed E-state index contributed by atoms with van der Waals surface area (Å²) < 4.78 is 16.2. The number of furan rings is 2. The van der Waals surface area contributed by atoms with Gasteiger partial charge >= 0.3 is 0 Å². The van der Waals surface area contributed by atoms with Gasteiger partial charge in [0, 0.05) is 17.7 Å². The van der Waals surface area contributed by atoms with E-state index in [1.165, 1.54) is 49.7 Å². The van der Waals surface area contributed by atoms with E-state index in [4.69, 9.17) is 8.83 Å². The van der Waals surface area contributed by atoms with Gasteiger partial charge in [0.25, 0.3) is 11.6 Å². The Balaban J connectivity index is 1.73. The highest BCUT2D eigenvalue weighted by Crippen LogP contribution is 2.38. The lowest BCUT2D eigenvalue weighted by molar-refractivity contribution is -0.652. The van der Waals surface area contributed by atoms with Gasteiger partial charge in [0.15, 0.2) is 11.0 Å². The molecule has 0 bridgehead atoms. The normalized spacial score (nSPS) is 12.2. The van der Waals surface area contributed by atoms with Gasteiger partial charge in [-0.15, -0.1) is 0 Å². The number of nitrogens with zero attached hydrogens (tertiary/aromatic N) is 2. The van der Waals surface area contributed by atoms with Crippen molar-refractivity contribution < 1.29 is 13.4 Å². The van der Waals surface area contributed by atoms with Crippen LogP contribution in [0.1, 0.15) is 11.4 Å². The Bertz CT molecular complexity index is 1860. The number of rotatable bonds is 1. The Morgan fingerprint density at radius 1 is 0.812 bits per heavy atom. The third-order valence-electron chi connectivity index (χ3n) is 6.93. The van der Waals surface area contributed by atoms with Gasteiger partial charge in [-0.25, -0.2) is 4.57 Å². The minimum atomic E-state index is 0.579. The summed E-state index contributed by atoms with van der Waals surface area (Å²) in [4.78, 5) is 0. The van der Waals surface area contributed by atoms with Crippen molar-refractivity contribution >= 4 is 54.7 Å². The molecule has 0 N–H and O–H groups in total. The molecule has 7 aromatic rings. The Labute approximate surface area is 183 Å². The molecule has 0 amide bonds. The summed E-state index contributed by atoms with van der Waals surface area (Å²) in [5.41, 5.74) is 5.73. The van der Waals surface area contributed by atoms with Crippen LogP contribution in [0.25, 0.3) is 60.4 Å². The van der Waals surface area contributed by atoms with E-state index in [0.717, 1.165) is 16.4 Å². The molecule has 0 aliphatic carbocycles. The fourth-order valence-electron chi connectivity index (χ4n) is 5.21. The lowest BCUT2D eigenvalue weighted by atomic mass is 9.99. The molecule has 32 heavy (non-hydrogen) atoms. The molecular weight excluding hydrogens is 396 g/mol. The molecule has 7 rings (SSSR count). The van der Waals surface area contributed by atoms with Crippen molar-refractivity contribution in [3.63, 3.8) is 0 Å². The van der Waals surface area contributed by atoms with Crippen molar-refractivity contribution in [2.75, 3.05) is 0 Å². The molecule has 0 aliphatic rings. The number of hydrogen-bond donors (Lipinski definition) is 0. The van der Waals surface area contributed by atoms with E-state index >= 15 is 0 Å². The van der Waals surface area contributed by atoms with E-state index in [1.54, 1.807) is 6.26 Å². The zero-order chi connectivity index (χ0) is 21.6. The van der Waals surface area contributed by atoms with Crippen LogP contribution in [0.15, 0.2) is 81.8 Å². The fraction of sp³-hybridized carbons (Fsp3) is 0.107. The quantitative estimate of drug-likeness (QED) is 0.216. The smallest absolute Gasteiger partial charge is 0.298 e. The molecule has 0 unspecified atom stereocenters. The highest BCUT2D eigenvalue weighted by atomic mass is 16.5. The number of fused-ring (bicyclic) bond motifs is 8. The Hall–Kier alpha value is -4.05. The molecule has 3 heterocycles. The molecule has 3 aromatic heterocycles. The molecule has 0 saturated carbocycles. The number of hydrogen-bond acceptors (Lipinski definition) is 2. The maximum absolute atomic E-state index is 6.05. The SMILES string of the molecule is Cc1ccccc1-n1c(C)[n+](C)c2ccc3ccc4cc5c(cc4c3c21)oc1occc15. The van der Waals surface area contributed by atoms with E-state index in [1.807, 2.05) is 6.07 Å². The topological polar surface area (TPSA) is 35.1 Å². The van der Waals surface area contributed by atoms with Crippen molar-refractivity contribution in [2.24, 2.45) is 7.05 Å². The van der Waals surface area contributed by atoms with E-state index in [2.05, 4.69) is 90.7 Å². The molecule has 4 nitrogen and oxygen atoms in total. The van der Waals surface area contributed by atoms with E-state index in [9.17, 15) is 0 Å². The van der Waals surface area contributed by atoms with Crippen molar-refractivity contribution in [1.29, 1.82) is 0 Å². The summed E-state index contributed by atoms with van der Waals surface area (Å²) in [6, 6.07) is 23.8. The summed E-state index contributed by atoms with van der Waals surface area (Å²) in [6.07, 6.45) is 1.68. The van der Waals surface area contributed by atoms with Crippen LogP contribution in [0.2, 0.25) is 0 Å². The summed E-state index contributed by atoms with van der Waals surface area (Å²) in [6.45, 7) is 4.35. The summed E-state index contributed by atoms with van der Waals surface area (Å²) in [5.74, 6) is 1.77.